The number of hydrogen-bond donors (Lipinski definition) is 3. The first-order chi connectivity index (χ1) is 18.6. The Morgan fingerprint density at radius 1 is 0.974 bits per heavy atom. The van der Waals surface area contributed by atoms with Crippen LogP contribution in [0.5, 0.6) is 0 Å². The third kappa shape index (κ3) is 5.73. The maximum Gasteiger partial charge on any atom is 0.424 e. The van der Waals surface area contributed by atoms with E-state index in [2.05, 4.69) is 4.99 Å². The topological polar surface area (TPSA) is 165 Å². The van der Waals surface area contributed by atoms with Gasteiger partial charge in [0.05, 0.1) is 4.90 Å². The zero-order chi connectivity index (χ0) is 28.2. The molecule has 39 heavy (non-hydrogen) atoms. The van der Waals surface area contributed by atoms with Gasteiger partial charge in [-0.3, -0.25) is 4.99 Å². The Kier molecular flexibility index (Phi) is 8.20. The minimum Gasteiger partial charge on any atom is -0.480 e. The molecule has 1 amide bonds. The number of rotatable bonds is 10. The molecule has 0 bridgehead atoms. The van der Waals surface area contributed by atoms with E-state index in [1.807, 2.05) is 48.5 Å². The van der Waals surface area contributed by atoms with Crippen molar-refractivity contribution in [3.8, 4) is 11.1 Å². The molecule has 0 spiro atoms. The minimum atomic E-state index is -4.60. The second-order valence-corrected chi connectivity index (χ2v) is 11.0. The van der Waals surface area contributed by atoms with E-state index in [1.165, 1.54) is 12.1 Å². The van der Waals surface area contributed by atoms with Gasteiger partial charge in [0.2, 0.25) is 0 Å². The lowest BCUT2D eigenvalue weighted by Crippen LogP contribution is -2.49. The number of aliphatic carboxylic acids is 1. The number of nitrogens with two attached hydrogens (primary N) is 2. The summed E-state index contributed by atoms with van der Waals surface area (Å²) in [7, 11) is -4.60. The van der Waals surface area contributed by atoms with Crippen molar-refractivity contribution >= 4 is 28.0 Å². The van der Waals surface area contributed by atoms with Gasteiger partial charge in [0, 0.05) is 12.5 Å². The highest BCUT2D eigenvalue weighted by atomic mass is 32.2. The molecule has 10 nitrogen and oxygen atoms in total. The van der Waals surface area contributed by atoms with Crippen molar-refractivity contribution in [3.05, 3.63) is 89.5 Å². The lowest BCUT2D eigenvalue weighted by Gasteiger charge is -2.28. The fourth-order valence-electron chi connectivity index (χ4n) is 4.84. The summed E-state index contributed by atoms with van der Waals surface area (Å²) in [4.78, 5) is 29.5. The predicted molar refractivity (Wildman–Crippen MR) is 147 cm³/mol. The molecule has 1 atom stereocenters. The van der Waals surface area contributed by atoms with Crippen molar-refractivity contribution in [2.45, 2.75) is 36.6 Å². The largest absolute Gasteiger partial charge is 0.480 e. The number of aryl methyl sites for hydroxylation is 1. The molecule has 11 heteroatoms. The Morgan fingerprint density at radius 2 is 1.54 bits per heavy atom. The summed E-state index contributed by atoms with van der Waals surface area (Å²) in [5.74, 6) is -2.01. The van der Waals surface area contributed by atoms with Gasteiger partial charge in [0.15, 0.2) is 5.96 Å². The number of nitrogens with zero attached hydrogens (tertiary/aromatic N) is 2. The van der Waals surface area contributed by atoms with Gasteiger partial charge < -0.3 is 21.3 Å². The number of carbonyl (C=O) groups is 2. The average Bonchev–Trinajstić information content (AvgIpc) is 3.22. The molecule has 0 fully saturated rings. The number of amides is 1. The van der Waals surface area contributed by atoms with E-state index in [0.717, 1.165) is 22.3 Å². The van der Waals surface area contributed by atoms with E-state index in [0.29, 0.717) is 9.87 Å². The number of carbonyl (C=O) groups excluding carboxylic acids is 1. The molecule has 5 N–H and O–H groups in total. The number of aliphatic imine (C=N–C) groups is 1. The van der Waals surface area contributed by atoms with Crippen LogP contribution in [-0.2, 0) is 19.6 Å². The van der Waals surface area contributed by atoms with Crippen molar-refractivity contribution in [2.24, 2.45) is 16.5 Å². The summed E-state index contributed by atoms with van der Waals surface area (Å²) in [5, 5.41) is 10.0. The first-order valence-corrected chi connectivity index (χ1v) is 13.8. The molecule has 4 rings (SSSR count). The van der Waals surface area contributed by atoms with E-state index in [4.69, 9.17) is 16.2 Å². The van der Waals surface area contributed by atoms with Crippen LogP contribution in [-0.4, -0.2) is 55.0 Å². The van der Waals surface area contributed by atoms with Gasteiger partial charge in [0.25, 0.3) is 10.0 Å². The average molecular weight is 551 g/mol. The highest BCUT2D eigenvalue weighted by molar-refractivity contribution is 7.89. The third-order valence-corrected chi connectivity index (χ3v) is 8.58. The van der Waals surface area contributed by atoms with Crippen molar-refractivity contribution < 1.29 is 27.9 Å². The van der Waals surface area contributed by atoms with E-state index in [9.17, 15) is 23.1 Å². The molecular weight excluding hydrogens is 520 g/mol. The molecule has 0 radical (unpaired) electrons. The first kappa shape index (κ1) is 27.6. The SMILES string of the molecule is Cc1ccccc1S(=O)(=O)N(C(=O)OCC1c2ccccc2-c2ccccc21)C(CCCN=C(N)N)C(=O)O. The van der Waals surface area contributed by atoms with Crippen molar-refractivity contribution in [1.82, 2.24) is 4.31 Å². The normalized spacial score (nSPS) is 13.2. The van der Waals surface area contributed by atoms with Gasteiger partial charge in [0.1, 0.15) is 12.6 Å². The van der Waals surface area contributed by atoms with Gasteiger partial charge in [-0.2, -0.15) is 4.31 Å². The van der Waals surface area contributed by atoms with Crippen LogP contribution < -0.4 is 11.5 Å². The maximum absolute atomic E-state index is 13.8. The van der Waals surface area contributed by atoms with Crippen molar-refractivity contribution in [2.75, 3.05) is 13.2 Å². The maximum atomic E-state index is 13.8. The minimum absolute atomic E-state index is 0.0645. The molecule has 0 aromatic heterocycles. The third-order valence-electron chi connectivity index (χ3n) is 6.64. The van der Waals surface area contributed by atoms with Crippen LogP contribution >= 0.6 is 0 Å². The molecule has 204 valence electrons. The lowest BCUT2D eigenvalue weighted by molar-refractivity contribution is -0.141. The number of hydrogen-bond acceptors (Lipinski definition) is 6. The summed E-state index contributed by atoms with van der Waals surface area (Å²) in [5.41, 5.74) is 14.9. The Morgan fingerprint density at radius 3 is 2.10 bits per heavy atom. The van der Waals surface area contributed by atoms with Crippen molar-refractivity contribution in [1.29, 1.82) is 0 Å². The lowest BCUT2D eigenvalue weighted by atomic mass is 9.98. The zero-order valence-electron chi connectivity index (χ0n) is 21.4. The molecule has 1 aliphatic carbocycles. The van der Waals surface area contributed by atoms with E-state index < -0.39 is 28.1 Å². The number of carboxylic acid groups (broad SMARTS) is 1. The molecule has 0 saturated heterocycles. The molecule has 3 aromatic rings. The van der Waals surface area contributed by atoms with E-state index >= 15 is 0 Å². The number of ether oxygens (including phenoxy) is 1. The van der Waals surface area contributed by atoms with Crippen LogP contribution in [0.3, 0.4) is 0 Å². The quantitative estimate of drug-likeness (QED) is 0.196. The monoisotopic (exact) mass is 550 g/mol. The van der Waals surface area contributed by atoms with Gasteiger partial charge in [-0.15, -0.1) is 0 Å². The number of fused-ring (bicyclic) bond motifs is 3. The van der Waals surface area contributed by atoms with Crippen LogP contribution in [0.1, 0.15) is 35.4 Å². The molecule has 0 saturated carbocycles. The summed E-state index contributed by atoms with van der Waals surface area (Å²) < 4.78 is 33.5. The van der Waals surface area contributed by atoms with Gasteiger partial charge >= 0.3 is 12.1 Å². The Labute approximate surface area is 227 Å². The van der Waals surface area contributed by atoms with Crippen molar-refractivity contribution in [3.63, 3.8) is 0 Å². The Balaban J connectivity index is 1.66. The van der Waals surface area contributed by atoms with E-state index in [1.54, 1.807) is 19.1 Å². The highest BCUT2D eigenvalue weighted by Crippen LogP contribution is 2.44. The number of sulfonamides is 1. The summed E-state index contributed by atoms with van der Waals surface area (Å²) in [6.07, 6.45) is -1.37. The van der Waals surface area contributed by atoms with Crippen LogP contribution in [0, 0.1) is 6.92 Å². The fraction of sp³-hybridized carbons (Fsp3) is 0.250. The Hall–Kier alpha value is -4.38. The molecule has 1 unspecified atom stereocenters. The molecule has 1 aliphatic rings. The molecule has 3 aromatic carbocycles. The summed E-state index contributed by atoms with van der Waals surface area (Å²) in [6.45, 7) is 1.46. The van der Waals surface area contributed by atoms with Gasteiger partial charge in [-0.25, -0.2) is 18.0 Å². The van der Waals surface area contributed by atoms with Gasteiger partial charge in [-0.05, 0) is 53.6 Å². The van der Waals surface area contributed by atoms with Crippen LogP contribution in [0.4, 0.5) is 4.79 Å². The number of carboxylic acids is 1. The summed E-state index contributed by atoms with van der Waals surface area (Å²) in [6, 6.07) is 19.7. The second kappa shape index (κ2) is 11.6. The Bertz CT molecular complexity index is 1470. The fourth-order valence-corrected chi connectivity index (χ4v) is 6.55. The smallest absolute Gasteiger partial charge is 0.424 e. The van der Waals surface area contributed by atoms with Crippen LogP contribution in [0.15, 0.2) is 82.7 Å². The number of benzene rings is 3. The molecular formula is C28H30N4O6S. The van der Waals surface area contributed by atoms with Crippen LogP contribution in [0.25, 0.3) is 11.1 Å². The van der Waals surface area contributed by atoms with E-state index in [-0.39, 0.29) is 42.8 Å². The second-order valence-electron chi connectivity index (χ2n) is 9.17. The predicted octanol–water partition coefficient (Wildman–Crippen LogP) is 3.44. The first-order valence-electron chi connectivity index (χ1n) is 12.4. The highest BCUT2D eigenvalue weighted by Gasteiger charge is 2.42. The zero-order valence-corrected chi connectivity index (χ0v) is 22.2. The van der Waals surface area contributed by atoms with Gasteiger partial charge in [-0.1, -0.05) is 66.7 Å². The standard InChI is InChI=1S/C28H30N4O6S/c1-18-9-2-7-15-25(18)39(36,37)32(24(26(33)34)14-8-16-31-27(29)30)28(35)38-17-23-21-12-5-3-10-19(21)20-11-4-6-13-22(20)23/h2-7,9-13,15,23-24H,8,14,16-17H2,1H3,(H,33,34)(H4,29,30,31). The molecule has 0 heterocycles. The summed E-state index contributed by atoms with van der Waals surface area (Å²) >= 11 is 0. The molecule has 0 aliphatic heterocycles. The van der Waals surface area contributed by atoms with Crippen LogP contribution in [0.2, 0.25) is 0 Å². The number of guanidine groups is 1.